The molecule has 0 aliphatic carbocycles. The maximum absolute atomic E-state index is 12.4. The molecule has 0 fully saturated rings. The summed E-state index contributed by atoms with van der Waals surface area (Å²) in [7, 11) is 3.12. The SMILES string of the molecule is C=CCn1c(CNC(=O)/C=C/c2ccc(OC)c(OC)c2)nnc1SCC(=O)Nc1ccc(Br)cc1. The summed E-state index contributed by atoms with van der Waals surface area (Å²) < 4.78 is 13.2. The van der Waals surface area contributed by atoms with Gasteiger partial charge in [0.25, 0.3) is 0 Å². The molecule has 36 heavy (non-hydrogen) atoms. The van der Waals surface area contributed by atoms with Gasteiger partial charge in [-0.25, -0.2) is 0 Å². The van der Waals surface area contributed by atoms with Gasteiger partial charge in [0.1, 0.15) is 0 Å². The fourth-order valence-corrected chi connectivity index (χ4v) is 4.11. The zero-order valence-corrected chi connectivity index (χ0v) is 22.3. The second-order valence-corrected chi connectivity index (χ2v) is 9.17. The molecule has 3 aromatic rings. The highest BCUT2D eigenvalue weighted by atomic mass is 79.9. The number of carbonyl (C=O) groups is 2. The molecule has 0 saturated carbocycles. The number of carbonyl (C=O) groups excluding carboxylic acids is 2. The van der Waals surface area contributed by atoms with E-state index >= 15 is 0 Å². The number of allylic oxidation sites excluding steroid dienone is 1. The monoisotopic (exact) mass is 571 g/mol. The van der Waals surface area contributed by atoms with Gasteiger partial charge in [-0.2, -0.15) is 0 Å². The minimum absolute atomic E-state index is 0.158. The third-order valence-corrected chi connectivity index (χ3v) is 6.32. The molecular formula is C25H26BrN5O4S. The van der Waals surface area contributed by atoms with E-state index in [4.69, 9.17) is 9.47 Å². The summed E-state index contributed by atoms with van der Waals surface area (Å²) >= 11 is 4.63. The lowest BCUT2D eigenvalue weighted by atomic mass is 10.2. The smallest absolute Gasteiger partial charge is 0.244 e. The highest BCUT2D eigenvalue weighted by Crippen LogP contribution is 2.28. The molecule has 2 N–H and O–H groups in total. The molecule has 1 aromatic heterocycles. The number of hydrogen-bond acceptors (Lipinski definition) is 7. The predicted molar refractivity (Wildman–Crippen MR) is 144 cm³/mol. The van der Waals surface area contributed by atoms with Crippen LogP contribution in [-0.4, -0.2) is 46.6 Å². The van der Waals surface area contributed by atoms with Crippen LogP contribution in [0, 0.1) is 0 Å². The molecule has 188 valence electrons. The summed E-state index contributed by atoms with van der Waals surface area (Å²) in [5, 5.41) is 14.6. The molecule has 0 aliphatic rings. The minimum Gasteiger partial charge on any atom is -0.493 e. The van der Waals surface area contributed by atoms with Gasteiger partial charge < -0.3 is 24.7 Å². The first-order valence-corrected chi connectivity index (χ1v) is 12.6. The Bertz CT molecular complexity index is 1240. The first-order valence-electron chi connectivity index (χ1n) is 10.8. The molecule has 0 unspecified atom stereocenters. The zero-order valence-electron chi connectivity index (χ0n) is 19.9. The number of halogens is 1. The van der Waals surface area contributed by atoms with Crippen LogP contribution in [-0.2, 0) is 22.7 Å². The number of thioether (sulfide) groups is 1. The van der Waals surface area contributed by atoms with Crippen molar-refractivity contribution in [3.05, 3.63) is 77.1 Å². The molecule has 1 heterocycles. The highest BCUT2D eigenvalue weighted by molar-refractivity contribution is 9.10. The number of hydrogen-bond donors (Lipinski definition) is 2. The van der Waals surface area contributed by atoms with Crippen molar-refractivity contribution >= 4 is 51.3 Å². The van der Waals surface area contributed by atoms with Crippen molar-refractivity contribution in [2.75, 3.05) is 25.3 Å². The van der Waals surface area contributed by atoms with Gasteiger partial charge in [-0.1, -0.05) is 39.8 Å². The summed E-state index contributed by atoms with van der Waals surface area (Å²) in [5.74, 6) is 1.45. The fourth-order valence-electron chi connectivity index (χ4n) is 3.08. The van der Waals surface area contributed by atoms with Gasteiger partial charge in [-0.15, -0.1) is 16.8 Å². The number of aromatic nitrogens is 3. The number of ether oxygens (including phenoxy) is 2. The van der Waals surface area contributed by atoms with E-state index in [1.54, 1.807) is 38.5 Å². The second-order valence-electron chi connectivity index (χ2n) is 7.31. The summed E-state index contributed by atoms with van der Waals surface area (Å²) in [5.41, 5.74) is 1.50. The van der Waals surface area contributed by atoms with Gasteiger partial charge in [-0.05, 0) is 48.0 Å². The Morgan fingerprint density at radius 3 is 2.56 bits per heavy atom. The van der Waals surface area contributed by atoms with Crippen LogP contribution in [0.2, 0.25) is 0 Å². The third-order valence-electron chi connectivity index (χ3n) is 4.82. The van der Waals surface area contributed by atoms with Crippen molar-refractivity contribution < 1.29 is 19.1 Å². The van der Waals surface area contributed by atoms with Gasteiger partial charge in [0.2, 0.25) is 11.8 Å². The number of nitrogens with one attached hydrogen (secondary N) is 2. The normalized spacial score (nSPS) is 10.8. The third kappa shape index (κ3) is 7.72. The van der Waals surface area contributed by atoms with Crippen molar-refractivity contribution in [2.24, 2.45) is 0 Å². The van der Waals surface area contributed by atoms with Gasteiger partial charge in [0.05, 0.1) is 26.5 Å². The summed E-state index contributed by atoms with van der Waals surface area (Å²) in [6.45, 7) is 4.38. The topological polar surface area (TPSA) is 107 Å². The van der Waals surface area contributed by atoms with Crippen LogP contribution in [0.5, 0.6) is 11.5 Å². The van der Waals surface area contributed by atoms with Crippen LogP contribution in [0.25, 0.3) is 6.08 Å². The molecule has 0 aliphatic heterocycles. The van der Waals surface area contributed by atoms with Gasteiger partial charge >= 0.3 is 0 Å². The van der Waals surface area contributed by atoms with E-state index in [1.807, 2.05) is 34.9 Å². The second kappa shape index (κ2) is 13.5. The van der Waals surface area contributed by atoms with Crippen LogP contribution >= 0.6 is 27.7 Å². The van der Waals surface area contributed by atoms with Crippen molar-refractivity contribution in [1.82, 2.24) is 20.1 Å². The summed E-state index contributed by atoms with van der Waals surface area (Å²) in [4.78, 5) is 24.7. The molecular weight excluding hydrogens is 546 g/mol. The first kappa shape index (κ1) is 27.0. The lowest BCUT2D eigenvalue weighted by Crippen LogP contribution is -2.23. The van der Waals surface area contributed by atoms with Crippen molar-refractivity contribution in [2.45, 2.75) is 18.2 Å². The van der Waals surface area contributed by atoms with Crippen molar-refractivity contribution in [3.63, 3.8) is 0 Å². The van der Waals surface area contributed by atoms with Crippen LogP contribution < -0.4 is 20.1 Å². The Morgan fingerprint density at radius 1 is 1.11 bits per heavy atom. The van der Waals surface area contributed by atoms with E-state index in [-0.39, 0.29) is 24.1 Å². The first-order chi connectivity index (χ1) is 17.4. The van der Waals surface area contributed by atoms with E-state index in [2.05, 4.69) is 43.3 Å². The average Bonchev–Trinajstić information content (AvgIpc) is 3.27. The van der Waals surface area contributed by atoms with E-state index < -0.39 is 0 Å². The van der Waals surface area contributed by atoms with Crippen LogP contribution in [0.15, 0.2) is 70.8 Å². The maximum Gasteiger partial charge on any atom is 0.244 e. The Hall–Kier alpha value is -3.57. The van der Waals surface area contributed by atoms with E-state index in [0.717, 1.165) is 10.0 Å². The summed E-state index contributed by atoms with van der Waals surface area (Å²) in [6.07, 6.45) is 4.81. The lowest BCUT2D eigenvalue weighted by Gasteiger charge is -2.09. The number of methoxy groups -OCH3 is 2. The number of amides is 2. The molecule has 0 radical (unpaired) electrons. The maximum atomic E-state index is 12.4. The minimum atomic E-state index is -0.291. The molecule has 0 bridgehead atoms. The summed E-state index contributed by atoms with van der Waals surface area (Å²) in [6, 6.07) is 12.7. The van der Waals surface area contributed by atoms with E-state index in [9.17, 15) is 9.59 Å². The Kier molecular flexibility index (Phi) is 10.1. The molecule has 9 nitrogen and oxygen atoms in total. The molecule has 0 spiro atoms. The lowest BCUT2D eigenvalue weighted by molar-refractivity contribution is -0.116. The molecule has 2 amide bonds. The molecule has 0 saturated heterocycles. The Labute approximate surface area is 222 Å². The number of anilines is 1. The predicted octanol–water partition coefficient (Wildman–Crippen LogP) is 4.30. The highest BCUT2D eigenvalue weighted by Gasteiger charge is 2.14. The number of rotatable bonds is 12. The Balaban J connectivity index is 1.56. The standard InChI is InChI=1S/C25H26BrN5O4S/c1-4-13-31-22(15-27-23(32)12-6-17-5-11-20(34-2)21(14-17)35-3)29-30-25(31)36-16-24(33)28-19-9-7-18(26)8-10-19/h4-12,14H,1,13,15-16H2,2-3H3,(H,27,32)(H,28,33)/b12-6+. The largest absolute Gasteiger partial charge is 0.493 e. The van der Waals surface area contributed by atoms with Crippen molar-refractivity contribution in [1.29, 1.82) is 0 Å². The van der Waals surface area contributed by atoms with Crippen molar-refractivity contribution in [3.8, 4) is 11.5 Å². The molecule has 3 rings (SSSR count). The van der Waals surface area contributed by atoms with Crippen LogP contribution in [0.4, 0.5) is 5.69 Å². The quantitative estimate of drug-likeness (QED) is 0.189. The number of nitrogens with zero attached hydrogens (tertiary/aromatic N) is 3. The average molecular weight is 572 g/mol. The van der Waals surface area contributed by atoms with E-state index in [0.29, 0.717) is 34.7 Å². The van der Waals surface area contributed by atoms with Gasteiger partial charge in [-0.3, -0.25) is 9.59 Å². The van der Waals surface area contributed by atoms with Gasteiger partial charge in [0, 0.05) is 22.8 Å². The Morgan fingerprint density at radius 2 is 1.86 bits per heavy atom. The number of benzene rings is 2. The van der Waals surface area contributed by atoms with Crippen LogP contribution in [0.3, 0.4) is 0 Å². The van der Waals surface area contributed by atoms with Gasteiger partial charge in [0.15, 0.2) is 22.5 Å². The molecule has 2 aromatic carbocycles. The molecule has 0 atom stereocenters. The zero-order chi connectivity index (χ0) is 25.9. The molecule has 11 heteroatoms. The van der Waals surface area contributed by atoms with Crippen LogP contribution in [0.1, 0.15) is 11.4 Å². The van der Waals surface area contributed by atoms with E-state index in [1.165, 1.54) is 17.8 Å². The fraction of sp³-hybridized carbons (Fsp3) is 0.200.